The van der Waals surface area contributed by atoms with Crippen molar-refractivity contribution >= 4 is 33.3 Å². The van der Waals surface area contributed by atoms with Crippen molar-refractivity contribution < 1.29 is 9.21 Å². The van der Waals surface area contributed by atoms with Crippen LogP contribution < -0.4 is 10.6 Å². The molecule has 0 saturated heterocycles. The zero-order chi connectivity index (χ0) is 19.3. The van der Waals surface area contributed by atoms with Gasteiger partial charge in [0.15, 0.2) is 0 Å². The number of benzene rings is 3. The summed E-state index contributed by atoms with van der Waals surface area (Å²) in [7, 11) is 0. The van der Waals surface area contributed by atoms with Gasteiger partial charge in [-0.1, -0.05) is 40.2 Å². The Hall–Kier alpha value is -3.45. The maximum absolute atomic E-state index is 12.1. The number of aromatic nitrogens is 2. The smallest absolute Gasteiger partial charge is 0.323 e. The molecule has 0 saturated carbocycles. The van der Waals surface area contributed by atoms with Crippen molar-refractivity contribution in [3.05, 3.63) is 83.3 Å². The minimum absolute atomic E-state index is 0.324. The van der Waals surface area contributed by atoms with Crippen LogP contribution in [-0.2, 0) is 0 Å². The summed E-state index contributed by atoms with van der Waals surface area (Å²) in [6, 6.07) is 23.8. The van der Waals surface area contributed by atoms with Crippen LogP contribution in [0.15, 0.2) is 87.8 Å². The predicted molar refractivity (Wildman–Crippen MR) is 112 cm³/mol. The summed E-state index contributed by atoms with van der Waals surface area (Å²) in [6.07, 6.45) is 0. The molecule has 0 bridgehead atoms. The molecule has 6 nitrogen and oxygen atoms in total. The van der Waals surface area contributed by atoms with Crippen molar-refractivity contribution in [2.24, 2.45) is 0 Å². The lowest BCUT2D eigenvalue weighted by Crippen LogP contribution is -2.19. The average molecular weight is 435 g/mol. The van der Waals surface area contributed by atoms with E-state index in [9.17, 15) is 4.79 Å². The van der Waals surface area contributed by atoms with Crippen molar-refractivity contribution in [3.8, 4) is 22.9 Å². The predicted octanol–water partition coefficient (Wildman–Crippen LogP) is 5.81. The van der Waals surface area contributed by atoms with Gasteiger partial charge in [0, 0.05) is 27.0 Å². The Kier molecular flexibility index (Phi) is 5.16. The Bertz CT molecular complexity index is 1090. The second-order valence-corrected chi connectivity index (χ2v) is 6.86. The summed E-state index contributed by atoms with van der Waals surface area (Å²) in [4.78, 5) is 12.1. The van der Waals surface area contributed by atoms with Gasteiger partial charge in [-0.15, -0.1) is 10.2 Å². The molecule has 0 unspecified atom stereocenters. The van der Waals surface area contributed by atoms with Crippen LogP contribution >= 0.6 is 15.9 Å². The van der Waals surface area contributed by atoms with Crippen LogP contribution in [0.5, 0.6) is 0 Å². The summed E-state index contributed by atoms with van der Waals surface area (Å²) in [6.45, 7) is 0. The van der Waals surface area contributed by atoms with Gasteiger partial charge in [0.05, 0.1) is 0 Å². The highest BCUT2D eigenvalue weighted by molar-refractivity contribution is 9.10. The molecule has 3 aromatic carbocycles. The molecular formula is C21H15BrN4O2. The van der Waals surface area contributed by atoms with E-state index in [1.54, 1.807) is 12.1 Å². The number of urea groups is 1. The lowest BCUT2D eigenvalue weighted by Gasteiger charge is -2.08. The Labute approximate surface area is 169 Å². The summed E-state index contributed by atoms with van der Waals surface area (Å²) in [5, 5.41) is 13.7. The van der Waals surface area contributed by atoms with E-state index in [1.165, 1.54) is 0 Å². The van der Waals surface area contributed by atoms with Crippen molar-refractivity contribution in [1.29, 1.82) is 0 Å². The van der Waals surface area contributed by atoms with Gasteiger partial charge in [-0.2, -0.15) is 0 Å². The van der Waals surface area contributed by atoms with E-state index in [0.717, 1.165) is 15.6 Å². The second kappa shape index (κ2) is 8.06. The molecule has 4 rings (SSSR count). The molecule has 138 valence electrons. The van der Waals surface area contributed by atoms with E-state index >= 15 is 0 Å². The monoisotopic (exact) mass is 434 g/mol. The lowest BCUT2D eigenvalue weighted by molar-refractivity contribution is 0.262. The first-order chi connectivity index (χ1) is 13.7. The first kappa shape index (κ1) is 17.9. The molecule has 0 spiro atoms. The molecule has 4 aromatic rings. The molecule has 1 heterocycles. The van der Waals surface area contributed by atoms with Crippen LogP contribution in [0.4, 0.5) is 16.2 Å². The molecular weight excluding hydrogens is 420 g/mol. The van der Waals surface area contributed by atoms with Gasteiger partial charge in [-0.25, -0.2) is 4.79 Å². The highest BCUT2D eigenvalue weighted by Crippen LogP contribution is 2.25. The van der Waals surface area contributed by atoms with E-state index < -0.39 is 0 Å². The molecule has 0 atom stereocenters. The Balaban J connectivity index is 1.43. The standard InChI is InChI=1S/C21H15BrN4O2/c22-16-7-4-8-18(13-16)24-21(27)23-17-11-9-15(10-12-17)20-26-25-19(28-20)14-5-2-1-3-6-14/h1-13H,(H2,23,24,27). The quantitative estimate of drug-likeness (QED) is 0.424. The number of rotatable bonds is 4. The lowest BCUT2D eigenvalue weighted by atomic mass is 10.2. The van der Waals surface area contributed by atoms with Gasteiger partial charge in [-0.05, 0) is 54.6 Å². The molecule has 1 aromatic heterocycles. The van der Waals surface area contributed by atoms with Crippen molar-refractivity contribution in [2.45, 2.75) is 0 Å². The number of hydrogen-bond donors (Lipinski definition) is 2. The first-order valence-electron chi connectivity index (χ1n) is 8.50. The summed E-state index contributed by atoms with van der Waals surface area (Å²) in [5.41, 5.74) is 2.98. The minimum Gasteiger partial charge on any atom is -0.416 e. The maximum Gasteiger partial charge on any atom is 0.323 e. The van der Waals surface area contributed by atoms with Crippen LogP contribution in [0.25, 0.3) is 22.9 Å². The number of nitrogens with zero attached hydrogens (tertiary/aromatic N) is 2. The van der Waals surface area contributed by atoms with Gasteiger partial charge in [0.25, 0.3) is 0 Å². The van der Waals surface area contributed by atoms with E-state index in [-0.39, 0.29) is 6.03 Å². The molecule has 0 radical (unpaired) electrons. The zero-order valence-electron chi connectivity index (χ0n) is 14.6. The Morgan fingerprint density at radius 2 is 1.39 bits per heavy atom. The van der Waals surface area contributed by atoms with E-state index in [2.05, 4.69) is 36.8 Å². The molecule has 0 aliphatic heterocycles. The first-order valence-corrected chi connectivity index (χ1v) is 9.29. The fraction of sp³-hybridized carbons (Fsp3) is 0. The van der Waals surface area contributed by atoms with E-state index in [1.807, 2.05) is 66.7 Å². The number of halogens is 1. The zero-order valence-corrected chi connectivity index (χ0v) is 16.2. The summed E-state index contributed by atoms with van der Waals surface area (Å²) < 4.78 is 6.63. The van der Waals surface area contributed by atoms with Crippen LogP contribution in [-0.4, -0.2) is 16.2 Å². The SMILES string of the molecule is O=C(Nc1ccc(-c2nnc(-c3ccccc3)o2)cc1)Nc1cccc(Br)c1. The highest BCUT2D eigenvalue weighted by Gasteiger charge is 2.10. The van der Waals surface area contributed by atoms with Gasteiger partial charge in [0.1, 0.15) is 0 Å². The van der Waals surface area contributed by atoms with Gasteiger partial charge in [-0.3, -0.25) is 0 Å². The van der Waals surface area contributed by atoms with Crippen LogP contribution in [0.3, 0.4) is 0 Å². The molecule has 2 amide bonds. The van der Waals surface area contributed by atoms with Crippen molar-refractivity contribution in [2.75, 3.05) is 10.6 Å². The number of amides is 2. The largest absolute Gasteiger partial charge is 0.416 e. The number of anilines is 2. The van der Waals surface area contributed by atoms with Crippen molar-refractivity contribution in [3.63, 3.8) is 0 Å². The molecule has 7 heteroatoms. The third-order valence-electron chi connectivity index (χ3n) is 3.92. The van der Waals surface area contributed by atoms with Crippen LogP contribution in [0.2, 0.25) is 0 Å². The van der Waals surface area contributed by atoms with E-state index in [0.29, 0.717) is 23.2 Å². The molecule has 0 fully saturated rings. The number of carbonyl (C=O) groups excluding carboxylic acids is 1. The fourth-order valence-electron chi connectivity index (χ4n) is 2.59. The summed E-state index contributed by atoms with van der Waals surface area (Å²) >= 11 is 3.37. The maximum atomic E-state index is 12.1. The number of carbonyl (C=O) groups is 1. The van der Waals surface area contributed by atoms with Gasteiger partial charge < -0.3 is 15.1 Å². The second-order valence-electron chi connectivity index (χ2n) is 5.95. The fourth-order valence-corrected chi connectivity index (χ4v) is 2.99. The number of hydrogen-bond acceptors (Lipinski definition) is 4. The number of nitrogens with one attached hydrogen (secondary N) is 2. The third kappa shape index (κ3) is 4.27. The van der Waals surface area contributed by atoms with Crippen LogP contribution in [0, 0.1) is 0 Å². The normalized spacial score (nSPS) is 10.5. The summed E-state index contributed by atoms with van der Waals surface area (Å²) in [5.74, 6) is 0.884. The highest BCUT2D eigenvalue weighted by atomic mass is 79.9. The van der Waals surface area contributed by atoms with Crippen LogP contribution in [0.1, 0.15) is 0 Å². The third-order valence-corrected chi connectivity index (χ3v) is 4.41. The van der Waals surface area contributed by atoms with Gasteiger partial charge >= 0.3 is 6.03 Å². The average Bonchev–Trinajstić information content (AvgIpc) is 3.19. The Morgan fingerprint density at radius 3 is 2.07 bits per heavy atom. The topological polar surface area (TPSA) is 80.1 Å². The molecule has 0 aliphatic rings. The Morgan fingerprint density at radius 1 is 0.750 bits per heavy atom. The van der Waals surface area contributed by atoms with E-state index in [4.69, 9.17) is 4.42 Å². The molecule has 0 aliphatic carbocycles. The molecule has 28 heavy (non-hydrogen) atoms. The minimum atomic E-state index is -0.324. The molecule has 2 N–H and O–H groups in total. The van der Waals surface area contributed by atoms with Crippen molar-refractivity contribution in [1.82, 2.24) is 10.2 Å². The van der Waals surface area contributed by atoms with Gasteiger partial charge in [0.2, 0.25) is 11.8 Å².